The van der Waals surface area contributed by atoms with E-state index in [2.05, 4.69) is 38.5 Å². The zero-order valence-electron chi connectivity index (χ0n) is 18.0. The fourth-order valence-electron chi connectivity index (χ4n) is 2.67. The molecule has 34 heavy (non-hydrogen) atoms. The van der Waals surface area contributed by atoms with Crippen molar-refractivity contribution in [2.75, 3.05) is 5.75 Å². The molecule has 5 amide bonds. The first-order chi connectivity index (χ1) is 15.9. The van der Waals surface area contributed by atoms with Gasteiger partial charge in [0, 0.05) is 30.5 Å². The highest BCUT2D eigenvalue weighted by molar-refractivity contribution is 7.80. The van der Waals surface area contributed by atoms with Crippen LogP contribution in [0.1, 0.15) is 25.0 Å². The summed E-state index contributed by atoms with van der Waals surface area (Å²) >= 11 is 4.00. The number of amides is 5. The van der Waals surface area contributed by atoms with E-state index >= 15 is 0 Å². The van der Waals surface area contributed by atoms with Crippen LogP contribution in [0.3, 0.4) is 0 Å². The number of carboxylic acid groups (broad SMARTS) is 1. The van der Waals surface area contributed by atoms with Crippen LogP contribution in [0.25, 0.3) is 0 Å². The van der Waals surface area contributed by atoms with Crippen LogP contribution in [0, 0.1) is 0 Å². The third-order valence-electron chi connectivity index (χ3n) is 4.49. The predicted octanol–water partition coefficient (Wildman–Crippen LogP) is -4.11. The molecule has 188 valence electrons. The summed E-state index contributed by atoms with van der Waals surface area (Å²) < 4.78 is 0. The Hall–Kier alpha value is -3.66. The minimum atomic E-state index is -1.49. The molecule has 0 saturated carbocycles. The number of hydrogen-bond donors (Lipinski definition) is 9. The molecule has 0 aliphatic heterocycles. The number of nitrogens with two attached hydrogens (primary N) is 3. The smallest absolute Gasteiger partial charge is 0.326 e. The molecule has 0 radical (unpaired) electrons. The Morgan fingerprint density at radius 1 is 0.971 bits per heavy atom. The third-order valence-corrected chi connectivity index (χ3v) is 4.85. The van der Waals surface area contributed by atoms with E-state index in [1.165, 1.54) is 12.5 Å². The van der Waals surface area contributed by atoms with Crippen molar-refractivity contribution < 1.29 is 33.9 Å². The summed E-state index contributed by atoms with van der Waals surface area (Å²) in [5.74, 6) is -5.82. The molecule has 0 aliphatic carbocycles. The minimum Gasteiger partial charge on any atom is -0.480 e. The molecule has 0 saturated heterocycles. The first-order valence-corrected chi connectivity index (χ1v) is 10.6. The first-order valence-electron chi connectivity index (χ1n) is 9.98. The van der Waals surface area contributed by atoms with Gasteiger partial charge in [0.15, 0.2) is 0 Å². The average molecular weight is 501 g/mol. The summed E-state index contributed by atoms with van der Waals surface area (Å²) in [5, 5.41) is 16.2. The van der Waals surface area contributed by atoms with Gasteiger partial charge in [-0.3, -0.25) is 24.0 Å². The lowest BCUT2D eigenvalue weighted by molar-refractivity contribution is -0.142. The number of H-pyrrole nitrogens is 1. The molecule has 16 heteroatoms. The fourth-order valence-corrected chi connectivity index (χ4v) is 2.93. The Morgan fingerprint density at radius 2 is 1.56 bits per heavy atom. The Labute approximate surface area is 199 Å². The highest BCUT2D eigenvalue weighted by atomic mass is 32.1. The van der Waals surface area contributed by atoms with Gasteiger partial charge >= 0.3 is 5.97 Å². The normalized spacial score (nSPS) is 14.2. The number of imidazole rings is 1. The van der Waals surface area contributed by atoms with Gasteiger partial charge in [-0.2, -0.15) is 12.6 Å². The molecular formula is C18H28N8O7S. The summed E-state index contributed by atoms with van der Waals surface area (Å²) in [6.07, 6.45) is 1.76. The Balaban J connectivity index is 2.83. The summed E-state index contributed by atoms with van der Waals surface area (Å²) in [4.78, 5) is 77.7. The molecule has 0 bridgehead atoms. The lowest BCUT2D eigenvalue weighted by atomic mass is 10.1. The standard InChI is InChI=1S/C18H28N8O7S/c19-9(1-2-13(20)27)15(29)24-10(4-14(21)28)16(30)26-12(6-34)17(31)25-11(18(32)33)3-8-5-22-7-23-8/h5,7,9-12,34H,1-4,6,19H2,(H2,20,27)(H2,21,28)(H,22,23)(H,24,29)(H,25,31)(H,26,30)(H,32,33). The van der Waals surface area contributed by atoms with Crippen molar-refractivity contribution in [2.24, 2.45) is 17.2 Å². The largest absolute Gasteiger partial charge is 0.480 e. The van der Waals surface area contributed by atoms with Crippen LogP contribution in [0.4, 0.5) is 0 Å². The lowest BCUT2D eigenvalue weighted by Crippen LogP contribution is -2.58. The molecule has 1 heterocycles. The molecule has 0 aromatic carbocycles. The monoisotopic (exact) mass is 500 g/mol. The number of aliphatic carboxylic acids is 1. The number of rotatable bonds is 15. The van der Waals surface area contributed by atoms with Gasteiger partial charge in [-0.15, -0.1) is 0 Å². The Bertz CT molecular complexity index is 895. The lowest BCUT2D eigenvalue weighted by Gasteiger charge is -2.24. The summed E-state index contributed by atoms with van der Waals surface area (Å²) in [6.45, 7) is 0. The summed E-state index contributed by atoms with van der Waals surface area (Å²) in [6, 6.07) is -5.33. The highest BCUT2D eigenvalue weighted by Crippen LogP contribution is 2.02. The molecule has 1 rings (SSSR count). The Kier molecular flexibility index (Phi) is 11.5. The van der Waals surface area contributed by atoms with Gasteiger partial charge in [0.05, 0.1) is 18.8 Å². The quantitative estimate of drug-likeness (QED) is 0.106. The molecule has 0 fully saturated rings. The molecular weight excluding hydrogens is 472 g/mol. The molecule has 0 spiro atoms. The highest BCUT2D eigenvalue weighted by Gasteiger charge is 2.30. The van der Waals surface area contributed by atoms with E-state index in [0.29, 0.717) is 5.69 Å². The molecule has 11 N–H and O–H groups in total. The third kappa shape index (κ3) is 9.86. The number of aromatic nitrogens is 2. The number of primary amides is 2. The van der Waals surface area contributed by atoms with Crippen molar-refractivity contribution in [2.45, 2.75) is 49.9 Å². The fraction of sp³-hybridized carbons (Fsp3) is 0.500. The van der Waals surface area contributed by atoms with E-state index in [-0.39, 0.29) is 25.0 Å². The number of nitrogens with one attached hydrogen (secondary N) is 4. The van der Waals surface area contributed by atoms with Crippen molar-refractivity contribution in [3.05, 3.63) is 18.2 Å². The molecule has 1 aromatic rings. The first kappa shape index (κ1) is 28.4. The number of aromatic amines is 1. The molecule has 15 nitrogen and oxygen atoms in total. The van der Waals surface area contributed by atoms with Crippen molar-refractivity contribution >= 4 is 48.1 Å². The van der Waals surface area contributed by atoms with Crippen molar-refractivity contribution in [3.8, 4) is 0 Å². The number of carbonyl (C=O) groups excluding carboxylic acids is 5. The van der Waals surface area contributed by atoms with Crippen molar-refractivity contribution in [1.82, 2.24) is 25.9 Å². The van der Waals surface area contributed by atoms with E-state index in [4.69, 9.17) is 17.2 Å². The van der Waals surface area contributed by atoms with Crippen LogP contribution >= 0.6 is 12.6 Å². The van der Waals surface area contributed by atoms with Crippen LogP contribution in [0.2, 0.25) is 0 Å². The average Bonchev–Trinajstić information content (AvgIpc) is 3.27. The molecule has 4 unspecified atom stereocenters. The van der Waals surface area contributed by atoms with Gasteiger partial charge < -0.3 is 43.2 Å². The number of hydrogen-bond acceptors (Lipinski definition) is 9. The summed E-state index contributed by atoms with van der Waals surface area (Å²) in [5.41, 5.74) is 16.3. The predicted molar refractivity (Wildman–Crippen MR) is 120 cm³/mol. The van der Waals surface area contributed by atoms with E-state index in [0.717, 1.165) is 0 Å². The second-order valence-corrected chi connectivity index (χ2v) is 7.63. The Morgan fingerprint density at radius 3 is 2.06 bits per heavy atom. The maximum atomic E-state index is 12.7. The van der Waals surface area contributed by atoms with Crippen LogP contribution in [0.15, 0.2) is 12.5 Å². The molecule has 4 atom stereocenters. The topological polar surface area (TPSA) is 265 Å². The van der Waals surface area contributed by atoms with Crippen LogP contribution in [-0.2, 0) is 35.2 Å². The van der Waals surface area contributed by atoms with Gasteiger partial charge in [-0.1, -0.05) is 0 Å². The molecule has 1 aromatic heterocycles. The maximum absolute atomic E-state index is 12.7. The van der Waals surface area contributed by atoms with E-state index < -0.39 is 66.1 Å². The zero-order valence-corrected chi connectivity index (χ0v) is 18.9. The zero-order chi connectivity index (χ0) is 25.8. The van der Waals surface area contributed by atoms with Gasteiger partial charge in [0.1, 0.15) is 18.1 Å². The van der Waals surface area contributed by atoms with E-state index in [9.17, 15) is 33.9 Å². The van der Waals surface area contributed by atoms with Crippen molar-refractivity contribution in [3.63, 3.8) is 0 Å². The second kappa shape index (κ2) is 13.8. The van der Waals surface area contributed by atoms with Gasteiger partial charge in [-0.05, 0) is 6.42 Å². The van der Waals surface area contributed by atoms with E-state index in [1.807, 2.05) is 0 Å². The number of thiol groups is 1. The number of carboxylic acids is 1. The molecule has 0 aliphatic rings. The SMILES string of the molecule is NC(=O)CCC(N)C(=O)NC(CC(N)=O)C(=O)NC(CS)C(=O)NC(Cc1cnc[nH]1)C(=O)O. The van der Waals surface area contributed by atoms with Gasteiger partial charge in [-0.25, -0.2) is 9.78 Å². The summed E-state index contributed by atoms with van der Waals surface area (Å²) in [7, 11) is 0. The maximum Gasteiger partial charge on any atom is 0.326 e. The second-order valence-electron chi connectivity index (χ2n) is 7.27. The van der Waals surface area contributed by atoms with Crippen LogP contribution in [0.5, 0.6) is 0 Å². The number of carbonyl (C=O) groups is 6. The van der Waals surface area contributed by atoms with E-state index in [1.54, 1.807) is 0 Å². The van der Waals surface area contributed by atoms with Crippen molar-refractivity contribution in [1.29, 1.82) is 0 Å². The van der Waals surface area contributed by atoms with Gasteiger partial charge in [0.25, 0.3) is 0 Å². The number of nitrogens with zero attached hydrogens (tertiary/aromatic N) is 1. The van der Waals surface area contributed by atoms with Gasteiger partial charge in [0.2, 0.25) is 29.5 Å². The minimum absolute atomic E-state index is 0.0966. The van der Waals surface area contributed by atoms with Crippen LogP contribution < -0.4 is 33.2 Å². The van der Waals surface area contributed by atoms with Crippen LogP contribution in [-0.4, -0.2) is 80.5 Å².